The van der Waals surface area contributed by atoms with Gasteiger partial charge in [-0.25, -0.2) is 4.52 Å². The Morgan fingerprint density at radius 2 is 2.17 bits per heavy atom. The maximum atomic E-state index is 9.49. The SMILES string of the molecule is N#Cc1cnn2cc(-c3cnn([C@H]4CCCNC4)c3)cc(Sc3cccnn3)c12. The van der Waals surface area contributed by atoms with Crippen LogP contribution in [0.4, 0.5) is 0 Å². The second-order valence-corrected chi connectivity index (χ2v) is 7.99. The van der Waals surface area contributed by atoms with Crippen molar-refractivity contribution in [1.82, 2.24) is 34.9 Å². The third-order valence-electron chi connectivity index (χ3n) is 5.04. The van der Waals surface area contributed by atoms with Gasteiger partial charge in [-0.3, -0.25) is 4.68 Å². The Bertz CT molecular complexity index is 1180. The van der Waals surface area contributed by atoms with Crippen molar-refractivity contribution in [3.63, 3.8) is 0 Å². The number of fused-ring (bicyclic) bond motifs is 1. The van der Waals surface area contributed by atoms with Gasteiger partial charge in [0.1, 0.15) is 11.1 Å². The Hall–Kier alpha value is -3.22. The summed E-state index contributed by atoms with van der Waals surface area (Å²) < 4.78 is 3.80. The van der Waals surface area contributed by atoms with Crippen LogP contribution in [0.25, 0.3) is 16.6 Å². The first-order valence-electron chi connectivity index (χ1n) is 9.44. The van der Waals surface area contributed by atoms with Crippen molar-refractivity contribution in [1.29, 1.82) is 5.26 Å². The number of hydrogen-bond donors (Lipinski definition) is 1. The molecule has 29 heavy (non-hydrogen) atoms. The highest BCUT2D eigenvalue weighted by Gasteiger charge is 2.18. The zero-order valence-corrected chi connectivity index (χ0v) is 16.4. The topological polar surface area (TPSA) is 96.7 Å². The Morgan fingerprint density at radius 3 is 2.97 bits per heavy atom. The number of pyridine rings is 1. The predicted molar refractivity (Wildman–Crippen MR) is 108 cm³/mol. The molecule has 8 nitrogen and oxygen atoms in total. The van der Waals surface area contributed by atoms with E-state index in [2.05, 4.69) is 44.0 Å². The molecule has 1 saturated heterocycles. The maximum absolute atomic E-state index is 9.49. The molecule has 0 amide bonds. The normalized spacial score (nSPS) is 16.7. The van der Waals surface area contributed by atoms with Gasteiger partial charge in [0.05, 0.1) is 29.5 Å². The van der Waals surface area contributed by atoms with Gasteiger partial charge in [0.25, 0.3) is 0 Å². The largest absolute Gasteiger partial charge is 0.315 e. The van der Waals surface area contributed by atoms with Crippen molar-refractivity contribution in [2.75, 3.05) is 13.1 Å². The van der Waals surface area contributed by atoms with Crippen LogP contribution in [0, 0.1) is 11.3 Å². The molecule has 4 aromatic heterocycles. The van der Waals surface area contributed by atoms with Crippen molar-refractivity contribution in [2.24, 2.45) is 0 Å². The molecule has 5 heterocycles. The van der Waals surface area contributed by atoms with Crippen molar-refractivity contribution in [3.05, 3.63) is 54.7 Å². The fraction of sp³-hybridized carbons (Fsp3) is 0.250. The first-order valence-corrected chi connectivity index (χ1v) is 10.3. The highest BCUT2D eigenvalue weighted by Crippen LogP contribution is 2.34. The van der Waals surface area contributed by atoms with Crippen molar-refractivity contribution < 1.29 is 0 Å². The average Bonchev–Trinajstić information content (AvgIpc) is 3.42. The summed E-state index contributed by atoms with van der Waals surface area (Å²) in [6.07, 6.45) is 11.4. The minimum absolute atomic E-state index is 0.379. The lowest BCUT2D eigenvalue weighted by atomic mass is 10.1. The second kappa shape index (κ2) is 7.66. The van der Waals surface area contributed by atoms with Crippen molar-refractivity contribution in [3.8, 4) is 17.2 Å². The number of nitriles is 1. The van der Waals surface area contributed by atoms with E-state index in [4.69, 9.17) is 0 Å². The van der Waals surface area contributed by atoms with Crippen LogP contribution in [0.1, 0.15) is 24.4 Å². The minimum Gasteiger partial charge on any atom is -0.315 e. The van der Waals surface area contributed by atoms with Crippen LogP contribution in [0.15, 0.2) is 59.1 Å². The number of aromatic nitrogens is 6. The molecule has 1 aliphatic heterocycles. The predicted octanol–water partition coefficient (Wildman–Crippen LogP) is 2.94. The van der Waals surface area contributed by atoms with E-state index in [0.29, 0.717) is 11.6 Å². The molecule has 1 N–H and O–H groups in total. The molecule has 4 aromatic rings. The lowest BCUT2D eigenvalue weighted by Gasteiger charge is -2.22. The monoisotopic (exact) mass is 402 g/mol. The third-order valence-corrected chi connectivity index (χ3v) is 6.00. The van der Waals surface area contributed by atoms with Gasteiger partial charge >= 0.3 is 0 Å². The molecule has 0 aliphatic carbocycles. The van der Waals surface area contributed by atoms with Gasteiger partial charge in [0.2, 0.25) is 0 Å². The first-order chi connectivity index (χ1) is 14.3. The third kappa shape index (κ3) is 3.48. The van der Waals surface area contributed by atoms with Gasteiger partial charge in [-0.15, -0.1) is 5.10 Å². The molecule has 0 aromatic carbocycles. The van der Waals surface area contributed by atoms with E-state index in [9.17, 15) is 5.26 Å². The molecule has 1 fully saturated rings. The summed E-state index contributed by atoms with van der Waals surface area (Å²) in [5.74, 6) is 0. The summed E-state index contributed by atoms with van der Waals surface area (Å²) in [7, 11) is 0. The molecule has 9 heteroatoms. The van der Waals surface area contributed by atoms with E-state index in [1.807, 2.05) is 29.2 Å². The molecular weight excluding hydrogens is 384 g/mol. The van der Waals surface area contributed by atoms with Crippen LogP contribution < -0.4 is 5.32 Å². The van der Waals surface area contributed by atoms with E-state index in [-0.39, 0.29) is 0 Å². The average molecular weight is 402 g/mol. The van der Waals surface area contributed by atoms with E-state index < -0.39 is 0 Å². The smallest absolute Gasteiger partial charge is 0.124 e. The maximum Gasteiger partial charge on any atom is 0.124 e. The molecule has 0 saturated carbocycles. The summed E-state index contributed by atoms with van der Waals surface area (Å²) in [4.78, 5) is 0.907. The fourth-order valence-corrected chi connectivity index (χ4v) is 4.55. The zero-order valence-electron chi connectivity index (χ0n) is 15.6. The quantitative estimate of drug-likeness (QED) is 0.560. The molecule has 1 atom stereocenters. The highest BCUT2D eigenvalue weighted by atomic mass is 32.2. The van der Waals surface area contributed by atoms with E-state index in [0.717, 1.165) is 52.5 Å². The zero-order chi connectivity index (χ0) is 19.6. The second-order valence-electron chi connectivity index (χ2n) is 6.93. The summed E-state index contributed by atoms with van der Waals surface area (Å²) in [5, 5.41) is 30.8. The summed E-state index contributed by atoms with van der Waals surface area (Å²) in [6, 6.07) is 8.42. The molecule has 0 radical (unpaired) electrons. The number of rotatable bonds is 4. The molecule has 0 unspecified atom stereocenters. The highest BCUT2D eigenvalue weighted by molar-refractivity contribution is 7.99. The lowest BCUT2D eigenvalue weighted by molar-refractivity contribution is 0.347. The first kappa shape index (κ1) is 17.8. The standard InChI is InChI=1S/C20H18N8S/c21-8-15-9-25-28-12-14(7-18(20(15)28)29-19-4-2-6-23-26-19)16-10-24-27(13-16)17-3-1-5-22-11-17/h2,4,6-7,9-10,12-13,17,22H,1,3,5,11H2/t17-/m0/s1. The molecule has 144 valence electrons. The van der Waals surface area contributed by atoms with Gasteiger partial charge in [-0.2, -0.15) is 20.6 Å². The van der Waals surface area contributed by atoms with Crippen LogP contribution in [0.2, 0.25) is 0 Å². The van der Waals surface area contributed by atoms with E-state index >= 15 is 0 Å². The number of piperidine rings is 1. The molecular formula is C20H18N8S. The van der Waals surface area contributed by atoms with Crippen LogP contribution in [-0.4, -0.2) is 42.7 Å². The summed E-state index contributed by atoms with van der Waals surface area (Å²) in [6.45, 7) is 2.02. The van der Waals surface area contributed by atoms with E-state index in [1.54, 1.807) is 16.9 Å². The Morgan fingerprint density at radius 1 is 1.21 bits per heavy atom. The Balaban J connectivity index is 1.56. The van der Waals surface area contributed by atoms with Gasteiger partial charge in [-0.05, 0) is 37.6 Å². The van der Waals surface area contributed by atoms with Gasteiger partial charge in [0.15, 0.2) is 0 Å². The van der Waals surface area contributed by atoms with Crippen LogP contribution in [0.3, 0.4) is 0 Å². The summed E-state index contributed by atoms with van der Waals surface area (Å²) >= 11 is 1.47. The van der Waals surface area contributed by atoms with Gasteiger partial charge < -0.3 is 5.32 Å². The Kier molecular flexibility index (Phi) is 4.71. The van der Waals surface area contributed by atoms with Crippen LogP contribution >= 0.6 is 11.8 Å². The van der Waals surface area contributed by atoms with Crippen molar-refractivity contribution in [2.45, 2.75) is 28.8 Å². The molecule has 0 spiro atoms. The minimum atomic E-state index is 0.379. The molecule has 0 bridgehead atoms. The number of hydrogen-bond acceptors (Lipinski definition) is 7. The molecule has 5 rings (SSSR count). The van der Waals surface area contributed by atoms with Crippen LogP contribution in [-0.2, 0) is 0 Å². The van der Waals surface area contributed by atoms with Gasteiger partial charge in [-0.1, -0.05) is 11.8 Å². The van der Waals surface area contributed by atoms with Crippen LogP contribution in [0.5, 0.6) is 0 Å². The fourth-order valence-electron chi connectivity index (χ4n) is 3.60. The van der Waals surface area contributed by atoms with Crippen molar-refractivity contribution >= 4 is 17.3 Å². The lowest BCUT2D eigenvalue weighted by Crippen LogP contribution is -2.31. The molecule has 1 aliphatic rings. The van der Waals surface area contributed by atoms with E-state index in [1.165, 1.54) is 11.8 Å². The summed E-state index contributed by atoms with van der Waals surface area (Å²) in [5.41, 5.74) is 3.32. The van der Waals surface area contributed by atoms with Gasteiger partial charge in [0, 0.05) is 41.2 Å². The number of nitrogens with one attached hydrogen (secondary N) is 1. The Labute approximate surface area is 171 Å². The number of nitrogens with zero attached hydrogens (tertiary/aromatic N) is 7.